The van der Waals surface area contributed by atoms with E-state index in [0.717, 1.165) is 25.1 Å². The Morgan fingerprint density at radius 2 is 2.20 bits per heavy atom. The molecule has 20 heavy (non-hydrogen) atoms. The van der Waals surface area contributed by atoms with E-state index in [1.165, 1.54) is 0 Å². The smallest absolute Gasteiger partial charge is 0.256 e. The molecule has 2 saturated heterocycles. The summed E-state index contributed by atoms with van der Waals surface area (Å²) in [6.45, 7) is 1.31. The number of carbonyl (C=O) groups is 2. The molecule has 2 aliphatic rings. The highest BCUT2D eigenvalue weighted by molar-refractivity contribution is 6.00. The largest absolute Gasteiger partial charge is 0.387 e. The Hall–Kier alpha value is -2.04. The number of anilines is 1. The van der Waals surface area contributed by atoms with E-state index in [9.17, 15) is 9.59 Å². The molecule has 0 saturated carbocycles. The van der Waals surface area contributed by atoms with E-state index in [0.29, 0.717) is 12.1 Å². The van der Waals surface area contributed by atoms with Crippen molar-refractivity contribution in [2.75, 3.05) is 25.5 Å². The van der Waals surface area contributed by atoms with Crippen molar-refractivity contribution in [3.05, 3.63) is 29.8 Å². The van der Waals surface area contributed by atoms with Gasteiger partial charge in [-0.05, 0) is 25.0 Å². The van der Waals surface area contributed by atoms with Crippen LogP contribution in [-0.4, -0.2) is 42.9 Å². The van der Waals surface area contributed by atoms with Crippen molar-refractivity contribution in [2.24, 2.45) is 5.92 Å². The highest BCUT2D eigenvalue weighted by Gasteiger charge is 2.42. The lowest BCUT2D eigenvalue weighted by atomic mass is 9.91. The van der Waals surface area contributed by atoms with Crippen molar-refractivity contribution in [3.63, 3.8) is 0 Å². The van der Waals surface area contributed by atoms with Gasteiger partial charge in [0, 0.05) is 25.8 Å². The van der Waals surface area contributed by atoms with Gasteiger partial charge in [-0.3, -0.25) is 9.59 Å². The van der Waals surface area contributed by atoms with Crippen LogP contribution in [0.3, 0.4) is 0 Å². The van der Waals surface area contributed by atoms with Gasteiger partial charge in [-0.2, -0.15) is 0 Å². The molecule has 5 heteroatoms. The van der Waals surface area contributed by atoms with Crippen molar-refractivity contribution in [2.45, 2.75) is 18.9 Å². The van der Waals surface area contributed by atoms with Gasteiger partial charge in [0.05, 0.1) is 17.5 Å². The van der Waals surface area contributed by atoms with Crippen molar-refractivity contribution in [3.8, 4) is 0 Å². The minimum absolute atomic E-state index is 0.00802. The number of para-hydroxylation sites is 1. The molecule has 3 rings (SSSR count). The molecular weight excluding hydrogens is 254 g/mol. The summed E-state index contributed by atoms with van der Waals surface area (Å²) >= 11 is 0. The maximum absolute atomic E-state index is 12.8. The number of hydrogen-bond acceptors (Lipinski definition) is 3. The summed E-state index contributed by atoms with van der Waals surface area (Å²) < 4.78 is 0. The van der Waals surface area contributed by atoms with Crippen molar-refractivity contribution < 1.29 is 9.59 Å². The first-order valence-corrected chi connectivity index (χ1v) is 7.08. The summed E-state index contributed by atoms with van der Waals surface area (Å²) in [5, 5.41) is 5.93. The van der Waals surface area contributed by atoms with Gasteiger partial charge < -0.3 is 15.5 Å². The van der Waals surface area contributed by atoms with E-state index in [1.54, 1.807) is 0 Å². The average Bonchev–Trinajstić information content (AvgIpc) is 2.88. The maximum atomic E-state index is 12.8. The first-order valence-electron chi connectivity index (χ1n) is 7.08. The molecular formula is C15H19N3O2. The van der Waals surface area contributed by atoms with Crippen molar-refractivity contribution in [1.82, 2.24) is 10.2 Å². The molecule has 2 unspecified atom stereocenters. The second kappa shape index (κ2) is 5.15. The van der Waals surface area contributed by atoms with E-state index < -0.39 is 0 Å². The lowest BCUT2D eigenvalue weighted by molar-refractivity contribution is -0.123. The normalized spacial score (nSPS) is 25.1. The van der Waals surface area contributed by atoms with Gasteiger partial charge >= 0.3 is 0 Å². The van der Waals surface area contributed by atoms with Gasteiger partial charge in [0.15, 0.2) is 0 Å². The minimum atomic E-state index is -0.0329. The quantitative estimate of drug-likeness (QED) is 0.847. The second-order valence-electron chi connectivity index (χ2n) is 5.36. The highest BCUT2D eigenvalue weighted by atomic mass is 16.2. The molecule has 0 aliphatic carbocycles. The summed E-state index contributed by atoms with van der Waals surface area (Å²) in [5.41, 5.74) is 1.51. The zero-order chi connectivity index (χ0) is 14.1. The molecule has 0 radical (unpaired) electrons. The van der Waals surface area contributed by atoms with E-state index in [-0.39, 0.29) is 23.8 Å². The predicted octanol–water partition coefficient (Wildman–Crippen LogP) is 1.08. The third kappa shape index (κ3) is 2.03. The van der Waals surface area contributed by atoms with Crippen LogP contribution in [0.1, 0.15) is 23.2 Å². The minimum Gasteiger partial charge on any atom is -0.387 e. The van der Waals surface area contributed by atoms with Crippen LogP contribution in [0.2, 0.25) is 0 Å². The molecule has 2 aliphatic heterocycles. The molecule has 2 amide bonds. The predicted molar refractivity (Wildman–Crippen MR) is 76.5 cm³/mol. The summed E-state index contributed by atoms with van der Waals surface area (Å²) in [6, 6.07) is 7.51. The first-order chi connectivity index (χ1) is 9.72. The number of carbonyl (C=O) groups excluding carboxylic acids is 2. The van der Waals surface area contributed by atoms with E-state index in [2.05, 4.69) is 10.6 Å². The van der Waals surface area contributed by atoms with Crippen LogP contribution in [0.4, 0.5) is 5.69 Å². The molecule has 0 aromatic heterocycles. The molecule has 5 nitrogen and oxygen atoms in total. The van der Waals surface area contributed by atoms with E-state index >= 15 is 0 Å². The molecule has 1 aromatic carbocycles. The SMILES string of the molecule is CNc1ccccc1C(=O)N1CCCC2C(=O)NCC21. The fraction of sp³-hybridized carbons (Fsp3) is 0.467. The molecule has 0 bridgehead atoms. The Morgan fingerprint density at radius 3 is 3.00 bits per heavy atom. The van der Waals surface area contributed by atoms with Crippen LogP contribution in [0.25, 0.3) is 0 Å². The van der Waals surface area contributed by atoms with Crippen LogP contribution >= 0.6 is 0 Å². The molecule has 2 heterocycles. The number of rotatable bonds is 2. The van der Waals surface area contributed by atoms with Crippen molar-refractivity contribution >= 4 is 17.5 Å². The number of benzene rings is 1. The highest BCUT2D eigenvalue weighted by Crippen LogP contribution is 2.29. The topological polar surface area (TPSA) is 61.4 Å². The summed E-state index contributed by atoms with van der Waals surface area (Å²) in [7, 11) is 1.81. The number of nitrogens with one attached hydrogen (secondary N) is 2. The number of likely N-dealkylation sites (tertiary alicyclic amines) is 1. The lowest BCUT2D eigenvalue weighted by Gasteiger charge is -2.36. The number of nitrogens with zero attached hydrogens (tertiary/aromatic N) is 1. The van der Waals surface area contributed by atoms with E-state index in [4.69, 9.17) is 0 Å². The number of amides is 2. The van der Waals surface area contributed by atoms with Crippen LogP contribution < -0.4 is 10.6 Å². The fourth-order valence-corrected chi connectivity index (χ4v) is 3.25. The Kier molecular flexibility index (Phi) is 3.34. The van der Waals surface area contributed by atoms with Crippen LogP contribution in [0, 0.1) is 5.92 Å². The van der Waals surface area contributed by atoms with Crippen molar-refractivity contribution in [1.29, 1.82) is 0 Å². The monoisotopic (exact) mass is 273 g/mol. The lowest BCUT2D eigenvalue weighted by Crippen LogP contribution is -2.48. The molecule has 2 fully saturated rings. The zero-order valence-electron chi connectivity index (χ0n) is 11.6. The third-order valence-electron chi connectivity index (χ3n) is 4.29. The van der Waals surface area contributed by atoms with Gasteiger partial charge in [0.1, 0.15) is 0 Å². The molecule has 2 N–H and O–H groups in total. The molecule has 1 aromatic rings. The average molecular weight is 273 g/mol. The van der Waals surface area contributed by atoms with Crippen LogP contribution in [0.15, 0.2) is 24.3 Å². The van der Waals surface area contributed by atoms with Gasteiger partial charge in [0.25, 0.3) is 5.91 Å². The summed E-state index contributed by atoms with van der Waals surface area (Å²) in [4.78, 5) is 26.4. The second-order valence-corrected chi connectivity index (χ2v) is 5.36. The third-order valence-corrected chi connectivity index (χ3v) is 4.29. The van der Waals surface area contributed by atoms with Crippen LogP contribution in [-0.2, 0) is 4.79 Å². The fourth-order valence-electron chi connectivity index (χ4n) is 3.25. The van der Waals surface area contributed by atoms with Gasteiger partial charge in [-0.25, -0.2) is 0 Å². The standard InChI is InChI=1S/C15H19N3O2/c1-16-12-7-3-2-5-10(12)15(20)18-8-4-6-11-13(18)9-17-14(11)19/h2-3,5,7,11,13,16H,4,6,8-9H2,1H3,(H,17,19). The number of piperidine rings is 1. The summed E-state index contributed by atoms with van der Waals surface area (Å²) in [5.74, 6) is 0.0741. The maximum Gasteiger partial charge on any atom is 0.256 e. The molecule has 2 atom stereocenters. The van der Waals surface area contributed by atoms with E-state index in [1.807, 2.05) is 36.2 Å². The number of fused-ring (bicyclic) bond motifs is 1. The molecule has 106 valence electrons. The first kappa shape index (κ1) is 13.0. The van der Waals surface area contributed by atoms with Gasteiger partial charge in [-0.1, -0.05) is 12.1 Å². The Bertz CT molecular complexity index is 544. The zero-order valence-corrected chi connectivity index (χ0v) is 11.6. The van der Waals surface area contributed by atoms with Gasteiger partial charge in [-0.15, -0.1) is 0 Å². The van der Waals surface area contributed by atoms with Gasteiger partial charge in [0.2, 0.25) is 5.91 Å². The number of hydrogen-bond donors (Lipinski definition) is 2. The Balaban J connectivity index is 1.88. The summed E-state index contributed by atoms with van der Waals surface area (Å²) in [6.07, 6.45) is 1.77. The Morgan fingerprint density at radius 1 is 1.40 bits per heavy atom. The Labute approximate surface area is 118 Å². The molecule has 0 spiro atoms. The van der Waals surface area contributed by atoms with Crippen LogP contribution in [0.5, 0.6) is 0 Å².